The molecule has 5 heteroatoms. The Bertz CT molecular complexity index is 567. The number of aromatic nitrogens is 1. The number of nitrogens with two attached hydrogens (primary N) is 1. The van der Waals surface area contributed by atoms with Gasteiger partial charge in [0.25, 0.3) is 0 Å². The second kappa shape index (κ2) is 4.87. The SMILES string of the molecule is CC(C)(C(N)C1CCCc2cccnc21)S(C)(=O)=O. The predicted molar refractivity (Wildman–Crippen MR) is 76.8 cm³/mol. The molecule has 2 atom stereocenters. The summed E-state index contributed by atoms with van der Waals surface area (Å²) in [5, 5.41) is 0. The number of nitrogens with zero attached hydrogens (tertiary/aromatic N) is 1. The quantitative estimate of drug-likeness (QED) is 0.915. The zero-order chi connectivity index (χ0) is 14.3. The summed E-state index contributed by atoms with van der Waals surface area (Å²) in [6, 6.07) is 3.56. The molecule has 0 bridgehead atoms. The van der Waals surface area contributed by atoms with Crippen molar-refractivity contribution in [3.05, 3.63) is 29.6 Å². The van der Waals surface area contributed by atoms with Crippen LogP contribution in [0.25, 0.3) is 0 Å². The monoisotopic (exact) mass is 282 g/mol. The molecule has 0 saturated heterocycles. The van der Waals surface area contributed by atoms with Crippen LogP contribution in [0.15, 0.2) is 18.3 Å². The summed E-state index contributed by atoms with van der Waals surface area (Å²) in [7, 11) is -3.21. The van der Waals surface area contributed by atoms with Crippen LogP contribution >= 0.6 is 0 Å². The fourth-order valence-corrected chi connectivity index (χ4v) is 3.39. The van der Waals surface area contributed by atoms with Crippen molar-refractivity contribution in [2.24, 2.45) is 5.73 Å². The number of rotatable bonds is 3. The topological polar surface area (TPSA) is 73.0 Å². The summed E-state index contributed by atoms with van der Waals surface area (Å²) >= 11 is 0. The van der Waals surface area contributed by atoms with Crippen LogP contribution in [-0.4, -0.2) is 30.4 Å². The third-order valence-corrected chi connectivity index (χ3v) is 6.61. The van der Waals surface area contributed by atoms with Gasteiger partial charge in [-0.3, -0.25) is 4.98 Å². The van der Waals surface area contributed by atoms with Crippen LogP contribution < -0.4 is 5.73 Å². The van der Waals surface area contributed by atoms with Gasteiger partial charge >= 0.3 is 0 Å². The highest BCUT2D eigenvalue weighted by atomic mass is 32.2. The Balaban J connectivity index is 2.39. The Morgan fingerprint density at radius 3 is 2.79 bits per heavy atom. The number of hydrogen-bond acceptors (Lipinski definition) is 4. The number of pyridine rings is 1. The van der Waals surface area contributed by atoms with Crippen molar-refractivity contribution in [3.8, 4) is 0 Å². The van der Waals surface area contributed by atoms with Crippen molar-refractivity contribution < 1.29 is 8.42 Å². The van der Waals surface area contributed by atoms with Gasteiger partial charge in [0.15, 0.2) is 9.84 Å². The molecule has 0 spiro atoms. The highest BCUT2D eigenvalue weighted by molar-refractivity contribution is 7.92. The second-order valence-electron chi connectivity index (χ2n) is 5.95. The van der Waals surface area contributed by atoms with Crippen LogP contribution in [0.4, 0.5) is 0 Å². The van der Waals surface area contributed by atoms with E-state index < -0.39 is 20.6 Å². The van der Waals surface area contributed by atoms with E-state index in [-0.39, 0.29) is 5.92 Å². The molecule has 1 aliphatic carbocycles. The highest BCUT2D eigenvalue weighted by Gasteiger charge is 2.42. The van der Waals surface area contributed by atoms with Crippen LogP contribution in [0.3, 0.4) is 0 Å². The first kappa shape index (κ1) is 14.5. The molecule has 1 aromatic rings. The molecule has 4 nitrogen and oxygen atoms in total. The first-order valence-corrected chi connectivity index (χ1v) is 8.53. The largest absolute Gasteiger partial charge is 0.326 e. The molecule has 2 N–H and O–H groups in total. The third-order valence-electron chi connectivity index (χ3n) is 4.43. The first-order chi connectivity index (χ1) is 8.75. The third kappa shape index (κ3) is 2.54. The molecular weight excluding hydrogens is 260 g/mol. The van der Waals surface area contributed by atoms with Crippen molar-refractivity contribution in [1.29, 1.82) is 0 Å². The van der Waals surface area contributed by atoms with Crippen molar-refractivity contribution in [2.45, 2.75) is 49.8 Å². The standard InChI is InChI=1S/C14H22N2O2S/c1-14(2,19(3,17)18)13(15)11-8-4-6-10-7-5-9-16-12(10)11/h5,7,9,11,13H,4,6,8,15H2,1-3H3. The summed E-state index contributed by atoms with van der Waals surface area (Å²) in [4.78, 5) is 4.44. The molecule has 2 unspecified atom stereocenters. The molecule has 2 rings (SSSR count). The summed E-state index contributed by atoms with van der Waals surface area (Å²) in [5.41, 5.74) is 8.50. The van der Waals surface area contributed by atoms with Crippen LogP contribution in [-0.2, 0) is 16.3 Å². The zero-order valence-corrected chi connectivity index (χ0v) is 12.6. The van der Waals surface area contributed by atoms with E-state index in [1.807, 2.05) is 6.07 Å². The Labute approximate surface area is 115 Å². The van der Waals surface area contributed by atoms with E-state index in [2.05, 4.69) is 11.1 Å². The minimum atomic E-state index is -3.21. The van der Waals surface area contributed by atoms with Crippen LogP contribution in [0.5, 0.6) is 0 Å². The van der Waals surface area contributed by atoms with E-state index in [1.165, 1.54) is 11.8 Å². The van der Waals surface area contributed by atoms with Crippen molar-refractivity contribution >= 4 is 9.84 Å². The molecule has 106 valence electrons. The average molecular weight is 282 g/mol. The minimum Gasteiger partial charge on any atom is -0.326 e. The number of hydrogen-bond donors (Lipinski definition) is 1. The second-order valence-corrected chi connectivity index (χ2v) is 8.54. The van der Waals surface area contributed by atoms with Crippen molar-refractivity contribution in [3.63, 3.8) is 0 Å². The Morgan fingerprint density at radius 2 is 2.16 bits per heavy atom. The van der Waals surface area contributed by atoms with Crippen LogP contribution in [0.1, 0.15) is 43.9 Å². The maximum atomic E-state index is 11.9. The molecule has 19 heavy (non-hydrogen) atoms. The van der Waals surface area contributed by atoms with E-state index in [0.717, 1.165) is 25.0 Å². The molecule has 1 aliphatic rings. The smallest absolute Gasteiger partial charge is 0.154 e. The molecule has 1 heterocycles. The summed E-state index contributed by atoms with van der Waals surface area (Å²) < 4.78 is 23.0. The minimum absolute atomic E-state index is 0.0228. The van der Waals surface area contributed by atoms with Crippen molar-refractivity contribution in [2.75, 3.05) is 6.26 Å². The lowest BCUT2D eigenvalue weighted by molar-refractivity contribution is 0.382. The van der Waals surface area contributed by atoms with Gasteiger partial charge in [-0.1, -0.05) is 6.07 Å². The summed E-state index contributed by atoms with van der Waals surface area (Å²) in [6.45, 7) is 3.43. The lowest BCUT2D eigenvalue weighted by Gasteiger charge is -2.37. The van der Waals surface area contributed by atoms with E-state index in [4.69, 9.17) is 5.73 Å². The Hall–Kier alpha value is -0.940. The molecule has 0 amide bonds. The van der Waals surface area contributed by atoms with Gasteiger partial charge in [-0.25, -0.2) is 8.42 Å². The lowest BCUT2D eigenvalue weighted by atomic mass is 9.78. The fourth-order valence-electron chi connectivity index (χ4n) is 2.73. The number of aryl methyl sites for hydroxylation is 1. The van der Waals surface area contributed by atoms with Gasteiger partial charge in [0.1, 0.15) is 0 Å². The molecule has 0 aliphatic heterocycles. The average Bonchev–Trinajstić information content (AvgIpc) is 2.36. The van der Waals surface area contributed by atoms with Gasteiger partial charge in [-0.05, 0) is 44.7 Å². The molecule has 0 radical (unpaired) electrons. The molecule has 0 aromatic carbocycles. The van der Waals surface area contributed by atoms with E-state index >= 15 is 0 Å². The maximum Gasteiger partial charge on any atom is 0.154 e. The van der Waals surface area contributed by atoms with Gasteiger partial charge in [0.2, 0.25) is 0 Å². The number of fused-ring (bicyclic) bond motifs is 1. The Morgan fingerprint density at radius 1 is 1.47 bits per heavy atom. The summed E-state index contributed by atoms with van der Waals surface area (Å²) in [6.07, 6.45) is 5.97. The predicted octanol–water partition coefficient (Wildman–Crippen LogP) is 1.65. The van der Waals surface area contributed by atoms with Crippen LogP contribution in [0.2, 0.25) is 0 Å². The van der Waals surface area contributed by atoms with E-state index in [1.54, 1.807) is 20.0 Å². The van der Waals surface area contributed by atoms with Gasteiger partial charge in [0.05, 0.1) is 4.75 Å². The first-order valence-electron chi connectivity index (χ1n) is 6.64. The molecule has 1 aromatic heterocycles. The zero-order valence-electron chi connectivity index (χ0n) is 11.8. The van der Waals surface area contributed by atoms with E-state index in [9.17, 15) is 8.42 Å². The molecule has 0 fully saturated rings. The normalized spacial score (nSPS) is 21.8. The number of sulfone groups is 1. The lowest BCUT2D eigenvalue weighted by Crippen LogP contribution is -2.52. The highest BCUT2D eigenvalue weighted by Crippen LogP contribution is 2.37. The van der Waals surface area contributed by atoms with Crippen LogP contribution in [0, 0.1) is 0 Å². The Kier molecular flexibility index (Phi) is 3.71. The van der Waals surface area contributed by atoms with Gasteiger partial charge in [-0.2, -0.15) is 0 Å². The summed E-state index contributed by atoms with van der Waals surface area (Å²) in [5.74, 6) is 0.0228. The van der Waals surface area contributed by atoms with E-state index in [0.29, 0.717) is 0 Å². The van der Waals surface area contributed by atoms with Gasteiger partial charge < -0.3 is 5.73 Å². The van der Waals surface area contributed by atoms with Gasteiger partial charge in [-0.15, -0.1) is 0 Å². The maximum absolute atomic E-state index is 11.9. The van der Waals surface area contributed by atoms with Crippen molar-refractivity contribution in [1.82, 2.24) is 4.98 Å². The molecule has 0 saturated carbocycles. The fraction of sp³-hybridized carbons (Fsp3) is 0.643. The van der Waals surface area contributed by atoms with Gasteiger partial charge in [0, 0.05) is 30.1 Å². The molecular formula is C14H22N2O2S.